The zero-order chi connectivity index (χ0) is 8.15. The van der Waals surface area contributed by atoms with Crippen LogP contribution in [0.2, 0.25) is 0 Å². The molecule has 0 aromatic heterocycles. The fraction of sp³-hybridized carbons (Fsp3) is 1.00. The van der Waals surface area contributed by atoms with Gasteiger partial charge in [0, 0.05) is 0 Å². The Morgan fingerprint density at radius 1 is 1.10 bits per heavy atom. The van der Waals surface area contributed by atoms with Gasteiger partial charge >= 0.3 is 0 Å². The molecule has 0 amide bonds. The van der Waals surface area contributed by atoms with Crippen molar-refractivity contribution in [1.29, 1.82) is 0 Å². The zero-order valence-corrected chi connectivity index (χ0v) is 7.85. The van der Waals surface area contributed by atoms with E-state index in [9.17, 15) is 0 Å². The first-order valence-electron chi connectivity index (χ1n) is 4.23. The molecule has 1 nitrogen and oxygen atoms in total. The molecule has 0 rings (SSSR count). The van der Waals surface area contributed by atoms with Gasteiger partial charge < -0.3 is 4.74 Å². The highest BCUT2D eigenvalue weighted by molar-refractivity contribution is 4.57. The van der Waals surface area contributed by atoms with Crippen LogP contribution in [0.3, 0.4) is 0 Å². The summed E-state index contributed by atoms with van der Waals surface area (Å²) in [6.45, 7) is 10.8. The summed E-state index contributed by atoms with van der Waals surface area (Å²) in [6, 6.07) is 0. The molecule has 0 fully saturated rings. The molecule has 0 saturated carbocycles. The lowest BCUT2D eigenvalue weighted by atomic mass is 10.1. The summed E-state index contributed by atoms with van der Waals surface area (Å²) in [5.41, 5.74) is 0. The molecule has 0 aromatic carbocycles. The van der Waals surface area contributed by atoms with Gasteiger partial charge in [0.1, 0.15) is 0 Å². The van der Waals surface area contributed by atoms with E-state index in [4.69, 9.17) is 4.74 Å². The maximum Gasteiger partial charge on any atom is 0.0573 e. The lowest BCUT2D eigenvalue weighted by Gasteiger charge is -2.20. The lowest BCUT2D eigenvalue weighted by molar-refractivity contribution is -0.0171. The molecule has 62 valence electrons. The monoisotopic (exact) mass is 144 g/mol. The molecule has 0 saturated heterocycles. The Morgan fingerprint density at radius 3 is 1.90 bits per heavy atom. The van der Waals surface area contributed by atoms with Crippen molar-refractivity contribution in [1.82, 2.24) is 0 Å². The Bertz CT molecular complexity index is 78.8. The number of ether oxygens (including phenoxy) is 1. The van der Waals surface area contributed by atoms with E-state index >= 15 is 0 Å². The van der Waals surface area contributed by atoms with Crippen molar-refractivity contribution in [3.8, 4) is 0 Å². The van der Waals surface area contributed by atoms with Gasteiger partial charge in [0.25, 0.3) is 0 Å². The fourth-order valence-electron chi connectivity index (χ4n) is 0.620. The second-order valence-electron chi connectivity index (χ2n) is 3.30. The van der Waals surface area contributed by atoms with E-state index in [0.717, 1.165) is 6.42 Å². The molecule has 0 spiro atoms. The minimum Gasteiger partial charge on any atom is -0.375 e. The van der Waals surface area contributed by atoms with E-state index in [1.807, 2.05) is 0 Å². The Morgan fingerprint density at radius 2 is 1.60 bits per heavy atom. The first kappa shape index (κ1) is 9.96. The van der Waals surface area contributed by atoms with Crippen molar-refractivity contribution in [2.45, 2.75) is 53.2 Å². The number of rotatable bonds is 4. The van der Waals surface area contributed by atoms with Crippen molar-refractivity contribution in [3.63, 3.8) is 0 Å². The minimum atomic E-state index is 0.398. The molecule has 2 atom stereocenters. The van der Waals surface area contributed by atoms with E-state index in [0.29, 0.717) is 18.1 Å². The van der Waals surface area contributed by atoms with E-state index in [1.165, 1.54) is 0 Å². The van der Waals surface area contributed by atoms with E-state index < -0.39 is 0 Å². The third kappa shape index (κ3) is 3.89. The van der Waals surface area contributed by atoms with Gasteiger partial charge in [-0.15, -0.1) is 0 Å². The molecule has 10 heavy (non-hydrogen) atoms. The van der Waals surface area contributed by atoms with Gasteiger partial charge in [-0.3, -0.25) is 0 Å². The maximum absolute atomic E-state index is 5.66. The molecule has 0 aliphatic rings. The quantitative estimate of drug-likeness (QED) is 0.589. The van der Waals surface area contributed by atoms with Crippen molar-refractivity contribution < 1.29 is 4.74 Å². The van der Waals surface area contributed by atoms with Gasteiger partial charge in [-0.2, -0.15) is 0 Å². The van der Waals surface area contributed by atoms with Crippen LogP contribution in [-0.4, -0.2) is 12.2 Å². The summed E-state index contributed by atoms with van der Waals surface area (Å²) >= 11 is 0. The highest BCUT2D eigenvalue weighted by Crippen LogP contribution is 2.09. The molecule has 0 bridgehead atoms. The molecular formula is C9H20O. The van der Waals surface area contributed by atoms with Crippen molar-refractivity contribution >= 4 is 0 Å². The second kappa shape index (κ2) is 4.73. The van der Waals surface area contributed by atoms with Crippen LogP contribution in [0.1, 0.15) is 41.0 Å². The Kier molecular flexibility index (Phi) is 4.71. The average Bonchev–Trinajstić information content (AvgIpc) is 1.87. The summed E-state index contributed by atoms with van der Waals surface area (Å²) in [6.07, 6.45) is 1.92. The molecule has 0 radical (unpaired) electrons. The van der Waals surface area contributed by atoms with Gasteiger partial charge in [-0.1, -0.05) is 20.8 Å². The normalized spacial score (nSPS) is 17.4. The van der Waals surface area contributed by atoms with Crippen molar-refractivity contribution in [3.05, 3.63) is 0 Å². The Labute approximate surface area is 64.8 Å². The summed E-state index contributed by atoms with van der Waals surface area (Å²) < 4.78 is 5.66. The van der Waals surface area contributed by atoms with Gasteiger partial charge in [0.15, 0.2) is 0 Å². The summed E-state index contributed by atoms with van der Waals surface area (Å²) in [4.78, 5) is 0. The van der Waals surface area contributed by atoms with Crippen LogP contribution in [-0.2, 0) is 4.74 Å². The molecule has 0 aliphatic carbocycles. The smallest absolute Gasteiger partial charge is 0.0573 e. The average molecular weight is 144 g/mol. The predicted molar refractivity (Wildman–Crippen MR) is 45.1 cm³/mol. The molecule has 0 heterocycles. The van der Waals surface area contributed by atoms with Gasteiger partial charge in [-0.05, 0) is 26.2 Å². The van der Waals surface area contributed by atoms with E-state index in [-0.39, 0.29) is 0 Å². The molecule has 0 aromatic rings. The Balaban J connectivity index is 3.46. The minimum absolute atomic E-state index is 0.398. The third-order valence-electron chi connectivity index (χ3n) is 1.96. The topological polar surface area (TPSA) is 9.23 Å². The molecular weight excluding hydrogens is 124 g/mol. The van der Waals surface area contributed by atoms with Crippen LogP contribution >= 0.6 is 0 Å². The SMILES string of the molecule is CC[C@@H](C)OC(C)C(C)C. The fourth-order valence-corrected chi connectivity index (χ4v) is 0.620. The summed E-state index contributed by atoms with van der Waals surface area (Å²) in [7, 11) is 0. The second-order valence-corrected chi connectivity index (χ2v) is 3.30. The van der Waals surface area contributed by atoms with E-state index in [2.05, 4.69) is 34.6 Å². The summed E-state index contributed by atoms with van der Waals surface area (Å²) in [5, 5.41) is 0. The first-order valence-corrected chi connectivity index (χ1v) is 4.23. The van der Waals surface area contributed by atoms with Crippen molar-refractivity contribution in [2.24, 2.45) is 5.92 Å². The van der Waals surface area contributed by atoms with Crippen LogP contribution in [0.5, 0.6) is 0 Å². The number of hydrogen-bond donors (Lipinski definition) is 0. The van der Waals surface area contributed by atoms with Crippen LogP contribution in [0, 0.1) is 5.92 Å². The van der Waals surface area contributed by atoms with Gasteiger partial charge in [-0.25, -0.2) is 0 Å². The highest BCUT2D eigenvalue weighted by atomic mass is 16.5. The standard InChI is InChI=1S/C9H20O/c1-6-8(4)10-9(5)7(2)3/h7-9H,6H2,1-5H3/t8-,9?/m1/s1. The van der Waals surface area contributed by atoms with Crippen LogP contribution in [0.4, 0.5) is 0 Å². The largest absolute Gasteiger partial charge is 0.375 e. The van der Waals surface area contributed by atoms with Gasteiger partial charge in [0.05, 0.1) is 12.2 Å². The van der Waals surface area contributed by atoms with E-state index in [1.54, 1.807) is 0 Å². The Hall–Kier alpha value is -0.0400. The third-order valence-corrected chi connectivity index (χ3v) is 1.96. The zero-order valence-electron chi connectivity index (χ0n) is 7.85. The summed E-state index contributed by atoms with van der Waals surface area (Å²) in [5.74, 6) is 0.633. The van der Waals surface area contributed by atoms with Crippen LogP contribution in [0.15, 0.2) is 0 Å². The number of hydrogen-bond acceptors (Lipinski definition) is 1. The van der Waals surface area contributed by atoms with Crippen LogP contribution < -0.4 is 0 Å². The van der Waals surface area contributed by atoms with Gasteiger partial charge in [0.2, 0.25) is 0 Å². The first-order chi connectivity index (χ1) is 4.57. The molecule has 1 unspecified atom stereocenters. The molecule has 0 N–H and O–H groups in total. The van der Waals surface area contributed by atoms with Crippen molar-refractivity contribution in [2.75, 3.05) is 0 Å². The van der Waals surface area contributed by atoms with Crippen LogP contribution in [0.25, 0.3) is 0 Å². The maximum atomic E-state index is 5.66. The molecule has 1 heteroatoms. The predicted octanol–water partition coefficient (Wildman–Crippen LogP) is 2.85. The molecule has 0 aliphatic heterocycles. The highest BCUT2D eigenvalue weighted by Gasteiger charge is 2.09. The lowest BCUT2D eigenvalue weighted by Crippen LogP contribution is -2.21.